The molecule has 0 saturated carbocycles. The maximum Gasteiger partial charge on any atom is 0.319 e. The van der Waals surface area contributed by atoms with Crippen LogP contribution in [0, 0.1) is 17.5 Å². The van der Waals surface area contributed by atoms with Gasteiger partial charge in [0, 0.05) is 25.7 Å². The lowest BCUT2D eigenvalue weighted by Crippen LogP contribution is -2.39. The third kappa shape index (κ3) is 4.30. The summed E-state index contributed by atoms with van der Waals surface area (Å²) in [4.78, 5) is 14.2. The molecule has 1 heterocycles. The van der Waals surface area contributed by atoms with Crippen LogP contribution in [0.15, 0.2) is 42.5 Å². The fraction of sp³-hybridized carbons (Fsp3) is 0.278. The molecular weight excluding hydrogens is 331 g/mol. The molecule has 2 N–H and O–H groups in total. The van der Waals surface area contributed by atoms with Crippen LogP contribution in [-0.4, -0.2) is 30.1 Å². The van der Waals surface area contributed by atoms with E-state index in [0.717, 1.165) is 31.6 Å². The standard InChI is InChI=1S/C18H18F3N3O/c19-14-6-7-15(17(21)16(14)20)23-18(25)22-13-8-9-24(11-13)10-12-4-2-1-3-5-12/h1-7,13H,8-11H2,(H2,22,23,25)/t13-/m1/s1. The Hall–Kier alpha value is -2.54. The monoisotopic (exact) mass is 349 g/mol. The first-order valence-electron chi connectivity index (χ1n) is 8.00. The van der Waals surface area contributed by atoms with Crippen molar-refractivity contribution in [3.05, 3.63) is 65.5 Å². The van der Waals surface area contributed by atoms with Gasteiger partial charge in [-0.3, -0.25) is 4.90 Å². The molecule has 25 heavy (non-hydrogen) atoms. The first-order chi connectivity index (χ1) is 12.0. The van der Waals surface area contributed by atoms with E-state index in [1.165, 1.54) is 5.56 Å². The Morgan fingerprint density at radius 3 is 2.60 bits per heavy atom. The zero-order valence-corrected chi connectivity index (χ0v) is 13.4. The van der Waals surface area contributed by atoms with Crippen molar-refractivity contribution in [3.63, 3.8) is 0 Å². The van der Waals surface area contributed by atoms with Gasteiger partial charge in [-0.2, -0.15) is 0 Å². The van der Waals surface area contributed by atoms with Gasteiger partial charge in [0.25, 0.3) is 0 Å². The zero-order valence-electron chi connectivity index (χ0n) is 13.4. The predicted molar refractivity (Wildman–Crippen MR) is 88.6 cm³/mol. The minimum absolute atomic E-state index is 0.0860. The fourth-order valence-corrected chi connectivity index (χ4v) is 2.90. The van der Waals surface area contributed by atoms with Crippen LogP contribution in [0.4, 0.5) is 23.7 Å². The average Bonchev–Trinajstić information content (AvgIpc) is 3.03. The first-order valence-corrected chi connectivity index (χ1v) is 8.00. The minimum atomic E-state index is -1.60. The second-order valence-corrected chi connectivity index (χ2v) is 6.03. The molecule has 7 heteroatoms. The SMILES string of the molecule is O=C(Nc1ccc(F)c(F)c1F)N[C@@H]1CCN(Cc2ccccc2)C1. The molecule has 0 unspecified atom stereocenters. The van der Waals surface area contributed by atoms with Crippen molar-refractivity contribution in [1.29, 1.82) is 0 Å². The molecule has 132 valence electrons. The largest absolute Gasteiger partial charge is 0.334 e. The molecule has 2 aromatic rings. The lowest BCUT2D eigenvalue weighted by atomic mass is 10.2. The van der Waals surface area contributed by atoms with Crippen LogP contribution in [0.3, 0.4) is 0 Å². The van der Waals surface area contributed by atoms with Crippen molar-refractivity contribution in [2.75, 3.05) is 18.4 Å². The van der Waals surface area contributed by atoms with Gasteiger partial charge in [0.1, 0.15) is 0 Å². The number of benzene rings is 2. The Balaban J connectivity index is 1.52. The van der Waals surface area contributed by atoms with Crippen LogP contribution in [0.1, 0.15) is 12.0 Å². The normalized spacial score (nSPS) is 17.5. The van der Waals surface area contributed by atoms with Crippen molar-refractivity contribution in [2.24, 2.45) is 0 Å². The molecule has 1 atom stereocenters. The van der Waals surface area contributed by atoms with Crippen molar-refractivity contribution >= 4 is 11.7 Å². The summed E-state index contributed by atoms with van der Waals surface area (Å²) in [6.07, 6.45) is 0.764. The third-order valence-electron chi connectivity index (χ3n) is 4.14. The number of urea groups is 1. The maximum absolute atomic E-state index is 13.6. The average molecular weight is 349 g/mol. The van der Waals surface area contributed by atoms with Crippen LogP contribution < -0.4 is 10.6 Å². The highest BCUT2D eigenvalue weighted by Crippen LogP contribution is 2.20. The minimum Gasteiger partial charge on any atom is -0.334 e. The lowest BCUT2D eigenvalue weighted by Gasteiger charge is -2.17. The molecule has 1 fully saturated rings. The second-order valence-electron chi connectivity index (χ2n) is 6.03. The van der Waals surface area contributed by atoms with Crippen molar-refractivity contribution in [3.8, 4) is 0 Å². The van der Waals surface area contributed by atoms with E-state index >= 15 is 0 Å². The maximum atomic E-state index is 13.6. The van der Waals surface area contributed by atoms with E-state index in [4.69, 9.17) is 0 Å². The predicted octanol–water partition coefficient (Wildman–Crippen LogP) is 3.50. The van der Waals surface area contributed by atoms with Crippen molar-refractivity contribution in [2.45, 2.75) is 19.0 Å². The summed E-state index contributed by atoms with van der Waals surface area (Å²) in [7, 11) is 0. The van der Waals surface area contributed by atoms with Gasteiger partial charge < -0.3 is 10.6 Å². The quantitative estimate of drug-likeness (QED) is 0.830. The van der Waals surface area contributed by atoms with E-state index in [-0.39, 0.29) is 6.04 Å². The molecule has 0 aromatic heterocycles. The Labute approximate surface area is 143 Å². The molecular formula is C18H18F3N3O. The van der Waals surface area contributed by atoms with Gasteiger partial charge in [-0.25, -0.2) is 18.0 Å². The molecule has 0 aliphatic carbocycles. The molecule has 3 rings (SSSR count). The van der Waals surface area contributed by atoms with Crippen LogP contribution in [0.25, 0.3) is 0 Å². The topological polar surface area (TPSA) is 44.4 Å². The molecule has 4 nitrogen and oxygen atoms in total. The number of nitrogens with one attached hydrogen (secondary N) is 2. The van der Waals surface area contributed by atoms with E-state index in [0.29, 0.717) is 6.54 Å². The molecule has 2 aromatic carbocycles. The number of anilines is 1. The van der Waals surface area contributed by atoms with Gasteiger partial charge in [0.15, 0.2) is 17.5 Å². The number of halogens is 3. The number of hydrogen-bond acceptors (Lipinski definition) is 2. The van der Waals surface area contributed by atoms with Crippen molar-refractivity contribution in [1.82, 2.24) is 10.2 Å². The van der Waals surface area contributed by atoms with Crippen LogP contribution in [0.5, 0.6) is 0 Å². The van der Waals surface area contributed by atoms with Gasteiger partial charge in [-0.05, 0) is 24.1 Å². The van der Waals surface area contributed by atoms with E-state index in [9.17, 15) is 18.0 Å². The zero-order chi connectivity index (χ0) is 17.8. The third-order valence-corrected chi connectivity index (χ3v) is 4.14. The molecule has 2 amide bonds. The second kappa shape index (κ2) is 7.57. The van der Waals surface area contributed by atoms with Gasteiger partial charge >= 0.3 is 6.03 Å². The molecule has 0 radical (unpaired) electrons. The number of carbonyl (C=O) groups excluding carboxylic acids is 1. The summed E-state index contributed by atoms with van der Waals surface area (Å²) >= 11 is 0. The molecule has 1 aliphatic heterocycles. The van der Waals surface area contributed by atoms with E-state index in [1.807, 2.05) is 30.3 Å². The summed E-state index contributed by atoms with van der Waals surface area (Å²) in [5, 5.41) is 4.95. The van der Waals surface area contributed by atoms with E-state index < -0.39 is 29.2 Å². The molecule has 0 bridgehead atoms. The van der Waals surface area contributed by atoms with Gasteiger partial charge in [0.05, 0.1) is 5.69 Å². The smallest absolute Gasteiger partial charge is 0.319 e. The summed E-state index contributed by atoms with van der Waals surface area (Å²) in [5.74, 6) is -4.31. The highest BCUT2D eigenvalue weighted by molar-refractivity contribution is 5.89. The molecule has 1 aliphatic rings. The Morgan fingerprint density at radius 2 is 1.84 bits per heavy atom. The van der Waals surface area contributed by atoms with Crippen LogP contribution in [0.2, 0.25) is 0 Å². The molecule has 1 saturated heterocycles. The first kappa shape index (κ1) is 17.3. The number of carbonyl (C=O) groups is 1. The number of rotatable bonds is 4. The Morgan fingerprint density at radius 1 is 1.08 bits per heavy atom. The summed E-state index contributed by atoms with van der Waals surface area (Å²) in [6, 6.07) is 11.0. The van der Waals surface area contributed by atoms with Crippen molar-refractivity contribution < 1.29 is 18.0 Å². The highest BCUT2D eigenvalue weighted by Gasteiger charge is 2.24. The summed E-state index contributed by atoms with van der Waals surface area (Å²) < 4.78 is 39.6. The van der Waals surface area contributed by atoms with Crippen LogP contribution >= 0.6 is 0 Å². The van der Waals surface area contributed by atoms with E-state index in [1.54, 1.807) is 0 Å². The summed E-state index contributed by atoms with van der Waals surface area (Å²) in [5.41, 5.74) is 0.798. The van der Waals surface area contributed by atoms with Gasteiger partial charge in [-0.1, -0.05) is 30.3 Å². The number of amides is 2. The summed E-state index contributed by atoms with van der Waals surface area (Å²) in [6.45, 7) is 2.29. The fourth-order valence-electron chi connectivity index (χ4n) is 2.90. The van der Waals surface area contributed by atoms with Crippen LogP contribution in [-0.2, 0) is 6.54 Å². The number of nitrogens with zero attached hydrogens (tertiary/aromatic N) is 1. The molecule has 0 spiro atoms. The Bertz CT molecular complexity index is 755. The van der Waals surface area contributed by atoms with Gasteiger partial charge in [0.2, 0.25) is 0 Å². The number of hydrogen-bond donors (Lipinski definition) is 2. The number of likely N-dealkylation sites (tertiary alicyclic amines) is 1. The Kier molecular flexibility index (Phi) is 5.23. The van der Waals surface area contributed by atoms with Gasteiger partial charge in [-0.15, -0.1) is 0 Å². The lowest BCUT2D eigenvalue weighted by molar-refractivity contribution is 0.247. The highest BCUT2D eigenvalue weighted by atomic mass is 19.2. The van der Waals surface area contributed by atoms with E-state index in [2.05, 4.69) is 15.5 Å².